The molecule has 4 nitrogen and oxygen atoms in total. The molecule has 1 heterocycles. The highest BCUT2D eigenvalue weighted by molar-refractivity contribution is 5.83. The van der Waals surface area contributed by atoms with E-state index >= 15 is 0 Å². The van der Waals surface area contributed by atoms with Gasteiger partial charge in [-0.05, 0) is 31.6 Å². The second kappa shape index (κ2) is 7.10. The highest BCUT2D eigenvalue weighted by Gasteiger charge is 2.60. The van der Waals surface area contributed by atoms with E-state index in [1.54, 1.807) is 0 Å². The van der Waals surface area contributed by atoms with Crippen LogP contribution in [0.25, 0.3) is 0 Å². The molecule has 2 saturated carbocycles. The van der Waals surface area contributed by atoms with Gasteiger partial charge in [0.05, 0.1) is 18.6 Å². The van der Waals surface area contributed by atoms with Crippen LogP contribution in [-0.2, 0) is 9.53 Å². The summed E-state index contributed by atoms with van der Waals surface area (Å²) in [5.41, 5.74) is 5.80. The number of nitrogens with zero attached hydrogens (tertiary/aromatic N) is 1. The maximum Gasteiger partial charge on any atom is 0.225 e. The van der Waals surface area contributed by atoms with Gasteiger partial charge in [-0.25, -0.2) is 0 Å². The number of hydrogen-bond acceptors (Lipinski definition) is 3. The molecule has 0 radical (unpaired) electrons. The standard InChI is InChI=1S/C19H34N2O2/c1-16-8-4-7-11-19(16,17(20)22)18(9-5-2-3-6-10-18)21-12-14-23-15-13-21/h16H,2-15H2,1H3,(H2,20,22). The number of carbonyl (C=O) groups excluding carboxylic acids is 1. The molecule has 2 aliphatic carbocycles. The van der Waals surface area contributed by atoms with Crippen molar-refractivity contribution in [3.05, 3.63) is 0 Å². The van der Waals surface area contributed by atoms with Crippen LogP contribution in [0.5, 0.6) is 0 Å². The molecule has 4 heteroatoms. The van der Waals surface area contributed by atoms with Crippen molar-refractivity contribution in [2.75, 3.05) is 26.3 Å². The van der Waals surface area contributed by atoms with Crippen molar-refractivity contribution < 1.29 is 9.53 Å². The molecular formula is C19H34N2O2. The van der Waals surface area contributed by atoms with Crippen LogP contribution < -0.4 is 5.73 Å². The van der Waals surface area contributed by atoms with E-state index in [0.717, 1.165) is 58.4 Å². The van der Waals surface area contributed by atoms with Gasteiger partial charge in [-0.15, -0.1) is 0 Å². The lowest BCUT2D eigenvalue weighted by Gasteiger charge is -2.59. The van der Waals surface area contributed by atoms with Crippen LogP contribution in [0, 0.1) is 11.3 Å². The van der Waals surface area contributed by atoms with Gasteiger partial charge in [0.2, 0.25) is 5.91 Å². The molecule has 0 bridgehead atoms. The van der Waals surface area contributed by atoms with Crippen LogP contribution >= 0.6 is 0 Å². The molecule has 132 valence electrons. The molecule has 2 N–H and O–H groups in total. The van der Waals surface area contributed by atoms with Gasteiger partial charge in [-0.2, -0.15) is 0 Å². The van der Waals surface area contributed by atoms with E-state index in [2.05, 4.69) is 11.8 Å². The Bertz CT molecular complexity index is 412. The molecular weight excluding hydrogens is 288 g/mol. The molecule has 0 spiro atoms. The minimum atomic E-state index is -0.340. The van der Waals surface area contributed by atoms with E-state index in [0.29, 0.717) is 5.92 Å². The second-order valence-corrected chi connectivity index (χ2v) is 8.03. The largest absolute Gasteiger partial charge is 0.379 e. The molecule has 3 fully saturated rings. The third-order valence-corrected chi connectivity index (χ3v) is 7.12. The molecule has 1 saturated heterocycles. The third kappa shape index (κ3) is 2.82. The summed E-state index contributed by atoms with van der Waals surface area (Å²) < 4.78 is 5.62. The SMILES string of the molecule is CC1CCCCC1(C(N)=O)C1(N2CCOCC2)CCCCCC1. The molecule has 0 aromatic carbocycles. The average molecular weight is 322 g/mol. The maximum absolute atomic E-state index is 12.9. The third-order valence-electron chi connectivity index (χ3n) is 7.12. The van der Waals surface area contributed by atoms with Crippen molar-refractivity contribution >= 4 is 5.91 Å². The lowest BCUT2D eigenvalue weighted by molar-refractivity contribution is -0.161. The van der Waals surface area contributed by atoms with Crippen molar-refractivity contribution in [1.29, 1.82) is 0 Å². The summed E-state index contributed by atoms with van der Waals surface area (Å²) >= 11 is 0. The van der Waals surface area contributed by atoms with Crippen molar-refractivity contribution in [3.8, 4) is 0 Å². The lowest BCUT2D eigenvalue weighted by Crippen LogP contribution is -2.69. The van der Waals surface area contributed by atoms with E-state index in [-0.39, 0.29) is 16.9 Å². The predicted molar refractivity (Wildman–Crippen MR) is 92.1 cm³/mol. The summed E-state index contributed by atoms with van der Waals surface area (Å²) in [7, 11) is 0. The number of hydrogen-bond donors (Lipinski definition) is 1. The zero-order chi connectivity index (χ0) is 16.3. The fourth-order valence-corrected chi connectivity index (χ4v) is 5.98. The zero-order valence-corrected chi connectivity index (χ0v) is 14.8. The van der Waals surface area contributed by atoms with E-state index in [1.165, 1.54) is 32.1 Å². The molecule has 0 aromatic rings. The maximum atomic E-state index is 12.9. The Hall–Kier alpha value is -0.610. The Morgan fingerprint density at radius 3 is 2.17 bits per heavy atom. The first-order valence-corrected chi connectivity index (χ1v) is 9.76. The number of primary amides is 1. The Labute approximate surface area is 141 Å². The minimum Gasteiger partial charge on any atom is -0.379 e. The van der Waals surface area contributed by atoms with Crippen LogP contribution in [0.1, 0.15) is 71.1 Å². The van der Waals surface area contributed by atoms with E-state index < -0.39 is 0 Å². The fourth-order valence-electron chi connectivity index (χ4n) is 5.98. The number of ether oxygens (including phenoxy) is 1. The second-order valence-electron chi connectivity index (χ2n) is 8.03. The van der Waals surface area contributed by atoms with Gasteiger partial charge in [0.1, 0.15) is 0 Å². The monoisotopic (exact) mass is 322 g/mol. The predicted octanol–water partition coefficient (Wildman–Crippen LogP) is 3.09. The van der Waals surface area contributed by atoms with Gasteiger partial charge in [0.15, 0.2) is 0 Å². The van der Waals surface area contributed by atoms with Crippen LogP contribution in [-0.4, -0.2) is 42.6 Å². The summed E-state index contributed by atoms with van der Waals surface area (Å²) in [6, 6.07) is 0. The normalized spacial score (nSPS) is 36.3. The Kier molecular flexibility index (Phi) is 5.32. The van der Waals surface area contributed by atoms with Gasteiger partial charge in [0, 0.05) is 18.6 Å². The van der Waals surface area contributed by atoms with E-state index in [1.807, 2.05) is 0 Å². The highest BCUT2D eigenvalue weighted by Crippen LogP contribution is 2.56. The Morgan fingerprint density at radius 2 is 1.61 bits per heavy atom. The van der Waals surface area contributed by atoms with Crippen LogP contribution in [0.3, 0.4) is 0 Å². The molecule has 1 amide bonds. The first kappa shape index (κ1) is 17.2. The summed E-state index contributed by atoms with van der Waals surface area (Å²) in [5, 5.41) is 0. The Balaban J connectivity index is 2.05. The molecule has 2 unspecified atom stereocenters. The number of rotatable bonds is 3. The summed E-state index contributed by atoms with van der Waals surface area (Å²) in [6.45, 7) is 5.80. The molecule has 1 aliphatic heterocycles. The molecule has 3 rings (SSSR count). The Morgan fingerprint density at radius 1 is 1.00 bits per heavy atom. The van der Waals surface area contributed by atoms with Gasteiger partial charge >= 0.3 is 0 Å². The zero-order valence-electron chi connectivity index (χ0n) is 14.8. The molecule has 23 heavy (non-hydrogen) atoms. The topological polar surface area (TPSA) is 55.6 Å². The lowest BCUT2D eigenvalue weighted by atomic mass is 9.53. The van der Waals surface area contributed by atoms with Crippen LogP contribution in [0.15, 0.2) is 0 Å². The molecule has 3 aliphatic rings. The number of carbonyl (C=O) groups is 1. The number of nitrogens with two attached hydrogens (primary N) is 1. The van der Waals surface area contributed by atoms with Crippen molar-refractivity contribution in [2.45, 2.75) is 76.7 Å². The molecule has 2 atom stereocenters. The van der Waals surface area contributed by atoms with Crippen molar-refractivity contribution in [3.63, 3.8) is 0 Å². The highest BCUT2D eigenvalue weighted by atomic mass is 16.5. The van der Waals surface area contributed by atoms with E-state index in [4.69, 9.17) is 10.5 Å². The smallest absolute Gasteiger partial charge is 0.225 e. The molecule has 0 aromatic heterocycles. The number of morpholine rings is 1. The van der Waals surface area contributed by atoms with Gasteiger partial charge in [-0.1, -0.05) is 45.4 Å². The first-order chi connectivity index (χ1) is 11.1. The fraction of sp³-hybridized carbons (Fsp3) is 0.947. The van der Waals surface area contributed by atoms with E-state index in [9.17, 15) is 4.79 Å². The van der Waals surface area contributed by atoms with Gasteiger partial charge in [0.25, 0.3) is 0 Å². The summed E-state index contributed by atoms with van der Waals surface area (Å²) in [5.74, 6) is 0.368. The van der Waals surface area contributed by atoms with Crippen LogP contribution in [0.4, 0.5) is 0 Å². The number of amides is 1. The van der Waals surface area contributed by atoms with Gasteiger partial charge in [-0.3, -0.25) is 9.69 Å². The van der Waals surface area contributed by atoms with Gasteiger partial charge < -0.3 is 10.5 Å². The minimum absolute atomic E-state index is 0.0288. The van der Waals surface area contributed by atoms with Crippen molar-refractivity contribution in [2.24, 2.45) is 17.1 Å². The van der Waals surface area contributed by atoms with Crippen LogP contribution in [0.2, 0.25) is 0 Å². The summed E-state index contributed by atoms with van der Waals surface area (Å²) in [4.78, 5) is 15.5. The van der Waals surface area contributed by atoms with Crippen molar-refractivity contribution in [1.82, 2.24) is 4.90 Å². The first-order valence-electron chi connectivity index (χ1n) is 9.76. The summed E-state index contributed by atoms with van der Waals surface area (Å²) in [6.07, 6.45) is 11.9. The quantitative estimate of drug-likeness (QED) is 0.812. The average Bonchev–Trinajstić information content (AvgIpc) is 2.83.